The van der Waals surface area contributed by atoms with E-state index >= 15 is 0 Å². The SMILES string of the molecule is N.N#CBF. The Bertz CT molecular complexity index is 39.4. The highest BCUT2D eigenvalue weighted by molar-refractivity contribution is 6.36. The molecule has 5 heavy (non-hydrogen) atoms. The summed E-state index contributed by atoms with van der Waals surface area (Å²) in [5, 5.41) is 7.25. The minimum atomic E-state index is -0.875. The van der Waals surface area contributed by atoms with E-state index in [4.69, 9.17) is 5.26 Å². The molecule has 0 amide bonds. The second kappa shape index (κ2) is 9.86. The van der Waals surface area contributed by atoms with E-state index in [1.54, 1.807) is 0 Å². The topological polar surface area (TPSA) is 58.8 Å². The zero-order valence-corrected chi connectivity index (χ0v) is 2.74. The van der Waals surface area contributed by atoms with Crippen LogP contribution >= 0.6 is 0 Å². The summed E-state index contributed by atoms with van der Waals surface area (Å²) >= 11 is 0. The van der Waals surface area contributed by atoms with Gasteiger partial charge in [0.05, 0.1) is 0 Å². The molecule has 2 nitrogen and oxygen atoms in total. The minimum Gasteiger partial charge on any atom is -0.344 e. The van der Waals surface area contributed by atoms with Crippen molar-refractivity contribution in [3.63, 3.8) is 0 Å². The quantitative estimate of drug-likeness (QED) is 0.409. The molecular formula is CH4BFN2. The lowest BCUT2D eigenvalue weighted by Crippen LogP contribution is -1.60. The fourth-order valence-corrected chi connectivity index (χ4v) is 0. The van der Waals surface area contributed by atoms with E-state index in [9.17, 15) is 4.32 Å². The molecule has 0 aliphatic heterocycles. The molecule has 0 saturated heterocycles. The molecule has 0 aromatic rings. The summed E-state index contributed by atoms with van der Waals surface area (Å²) in [5.74, 6) is 1.26. The molecule has 0 spiro atoms. The molecule has 0 aliphatic rings. The smallest absolute Gasteiger partial charge is 0.344 e. The van der Waals surface area contributed by atoms with Crippen LogP contribution in [0, 0.1) is 11.2 Å². The first kappa shape index (κ1) is 8.82. The standard InChI is InChI=1S/CHBFN.H3N/c3-2-1-4;/h2H;1H3. The van der Waals surface area contributed by atoms with Crippen molar-refractivity contribution in [3.8, 4) is 5.97 Å². The number of nitrogens with zero attached hydrogens (tertiary/aromatic N) is 1. The van der Waals surface area contributed by atoms with Crippen molar-refractivity contribution in [3.05, 3.63) is 0 Å². The van der Waals surface area contributed by atoms with Crippen molar-refractivity contribution in [1.29, 1.82) is 5.26 Å². The molecule has 0 rings (SSSR count). The van der Waals surface area contributed by atoms with Crippen LogP contribution in [0.4, 0.5) is 4.32 Å². The lowest BCUT2D eigenvalue weighted by Gasteiger charge is -1.38. The average molecular weight is 73.9 g/mol. The molecule has 0 radical (unpaired) electrons. The number of rotatable bonds is 0. The Morgan fingerprint density at radius 2 is 2.00 bits per heavy atom. The summed E-state index contributed by atoms with van der Waals surface area (Å²) in [6, 6.07) is 0. The molecule has 0 fully saturated rings. The van der Waals surface area contributed by atoms with Gasteiger partial charge in [-0.3, -0.25) is 0 Å². The van der Waals surface area contributed by atoms with E-state index < -0.39 is 7.56 Å². The summed E-state index contributed by atoms with van der Waals surface area (Å²) in [4.78, 5) is 0. The lowest BCUT2D eigenvalue weighted by atomic mass is 10.1. The molecule has 0 atom stereocenters. The summed E-state index contributed by atoms with van der Waals surface area (Å²) in [7, 11) is -0.875. The summed E-state index contributed by atoms with van der Waals surface area (Å²) in [6.07, 6.45) is 0. The first-order chi connectivity index (χ1) is 1.91. The van der Waals surface area contributed by atoms with Gasteiger partial charge in [0.2, 0.25) is 0 Å². The fraction of sp³-hybridized carbons (Fsp3) is 0. The van der Waals surface area contributed by atoms with E-state index in [-0.39, 0.29) is 6.15 Å². The van der Waals surface area contributed by atoms with Crippen LogP contribution in [0.3, 0.4) is 0 Å². The second-order valence-corrected chi connectivity index (χ2v) is 0.292. The Hall–Kier alpha value is -0.555. The molecule has 0 aliphatic carbocycles. The van der Waals surface area contributed by atoms with Crippen LogP contribution in [-0.2, 0) is 0 Å². The summed E-state index contributed by atoms with van der Waals surface area (Å²) in [5.41, 5.74) is 0. The first-order valence-electron chi connectivity index (χ1n) is 0.844. The van der Waals surface area contributed by atoms with E-state index in [2.05, 4.69) is 0 Å². The van der Waals surface area contributed by atoms with E-state index in [0.29, 0.717) is 0 Å². The zero-order chi connectivity index (χ0) is 3.41. The second-order valence-electron chi connectivity index (χ2n) is 0.292. The summed E-state index contributed by atoms with van der Waals surface area (Å²) in [6.45, 7) is 0. The minimum absolute atomic E-state index is 0. The highest BCUT2D eigenvalue weighted by Crippen LogP contribution is 1.44. The van der Waals surface area contributed by atoms with Crippen LogP contribution in [-0.4, -0.2) is 7.56 Å². The van der Waals surface area contributed by atoms with Gasteiger partial charge in [-0.05, 0) is 0 Å². The monoisotopic (exact) mass is 74.0 g/mol. The van der Waals surface area contributed by atoms with E-state index in [0.717, 1.165) is 0 Å². The van der Waals surface area contributed by atoms with E-state index in [1.807, 2.05) is 0 Å². The van der Waals surface area contributed by atoms with Gasteiger partial charge in [-0.15, -0.1) is 0 Å². The number of hydrogen-bond acceptors (Lipinski definition) is 2. The van der Waals surface area contributed by atoms with Gasteiger partial charge in [-0.1, -0.05) is 0 Å². The number of nitriles is 1. The Labute approximate surface area is 30.5 Å². The largest absolute Gasteiger partial charge is 0.445 e. The maximum Gasteiger partial charge on any atom is 0.445 e. The molecule has 0 heterocycles. The Kier molecular flexibility index (Phi) is 17.4. The normalized spacial score (nSPS) is 3.20. The Morgan fingerprint density at radius 3 is 2.00 bits per heavy atom. The molecule has 0 saturated carbocycles. The van der Waals surface area contributed by atoms with Gasteiger partial charge in [0, 0.05) is 5.97 Å². The van der Waals surface area contributed by atoms with E-state index in [1.165, 1.54) is 5.97 Å². The molecular weight excluding hydrogens is 69.8 g/mol. The lowest BCUT2D eigenvalue weighted by molar-refractivity contribution is 0.885. The Morgan fingerprint density at radius 1 is 1.80 bits per heavy atom. The molecule has 0 bridgehead atoms. The molecule has 0 unspecified atom stereocenters. The predicted molar refractivity (Wildman–Crippen MR) is 18.9 cm³/mol. The molecule has 28 valence electrons. The maximum absolute atomic E-state index is 10.4. The molecule has 4 heteroatoms. The van der Waals surface area contributed by atoms with Gasteiger partial charge in [0.15, 0.2) is 0 Å². The van der Waals surface area contributed by atoms with Crippen LogP contribution in [0.1, 0.15) is 0 Å². The van der Waals surface area contributed by atoms with Gasteiger partial charge in [-0.2, -0.15) is 0 Å². The number of hydrogen-bond donors (Lipinski definition) is 1. The molecule has 0 aromatic carbocycles. The van der Waals surface area contributed by atoms with Crippen LogP contribution in [0.15, 0.2) is 0 Å². The third-order valence-corrected chi connectivity index (χ3v) is 0.0598. The van der Waals surface area contributed by atoms with Crippen LogP contribution in [0.5, 0.6) is 0 Å². The van der Waals surface area contributed by atoms with Crippen molar-refractivity contribution in [2.24, 2.45) is 0 Å². The van der Waals surface area contributed by atoms with Gasteiger partial charge < -0.3 is 10.5 Å². The van der Waals surface area contributed by atoms with Crippen LogP contribution < -0.4 is 6.15 Å². The van der Waals surface area contributed by atoms with Crippen LogP contribution in [0.2, 0.25) is 0 Å². The molecule has 3 N–H and O–H groups in total. The molecule has 0 aromatic heterocycles. The van der Waals surface area contributed by atoms with Gasteiger partial charge >= 0.3 is 7.56 Å². The Balaban J connectivity index is 0. The predicted octanol–water partition coefficient (Wildman–Crippen LogP) is -0.0495. The summed E-state index contributed by atoms with van der Waals surface area (Å²) < 4.78 is 10.4. The fourth-order valence-electron chi connectivity index (χ4n) is 0. The maximum atomic E-state index is 10.4. The number of halogens is 1. The third-order valence-electron chi connectivity index (χ3n) is 0.0598. The van der Waals surface area contributed by atoms with Gasteiger partial charge in [-0.25, -0.2) is 5.26 Å². The highest BCUT2D eigenvalue weighted by atomic mass is 19.1. The third kappa shape index (κ3) is 36.3. The highest BCUT2D eigenvalue weighted by Gasteiger charge is 1.65. The van der Waals surface area contributed by atoms with Crippen LogP contribution in [0.25, 0.3) is 0 Å². The first-order valence-corrected chi connectivity index (χ1v) is 0.844. The average Bonchev–Trinajstić information content (AvgIpc) is 1.37. The van der Waals surface area contributed by atoms with Crippen molar-refractivity contribution in [2.75, 3.05) is 0 Å². The van der Waals surface area contributed by atoms with Crippen molar-refractivity contribution in [1.82, 2.24) is 6.15 Å². The van der Waals surface area contributed by atoms with Crippen molar-refractivity contribution >= 4 is 7.56 Å². The van der Waals surface area contributed by atoms with Crippen molar-refractivity contribution < 1.29 is 4.32 Å². The van der Waals surface area contributed by atoms with Crippen molar-refractivity contribution in [2.45, 2.75) is 0 Å². The van der Waals surface area contributed by atoms with Gasteiger partial charge in [0.1, 0.15) is 0 Å². The zero-order valence-electron chi connectivity index (χ0n) is 2.74. The van der Waals surface area contributed by atoms with Gasteiger partial charge in [0.25, 0.3) is 0 Å².